The summed E-state index contributed by atoms with van der Waals surface area (Å²) in [4.78, 5) is 31.2. The van der Waals surface area contributed by atoms with Crippen LogP contribution in [0.1, 0.15) is 44.8 Å². The zero-order valence-corrected chi connectivity index (χ0v) is 12.7. The van der Waals surface area contributed by atoms with E-state index in [1.165, 1.54) is 0 Å². The highest BCUT2D eigenvalue weighted by Crippen LogP contribution is 2.21. The number of nitrogens with one attached hydrogen (secondary N) is 1. The smallest absolute Gasteiger partial charge is 0.327 e. The number of aromatic nitrogens is 3. The normalized spacial score (nSPS) is 12.5. The number of hydrogen-bond acceptors (Lipinski definition) is 4. The number of imidazole rings is 1. The molecule has 1 atom stereocenters. The van der Waals surface area contributed by atoms with Gasteiger partial charge in [0.1, 0.15) is 0 Å². The molecule has 0 amide bonds. The number of hydrogen-bond donors (Lipinski definition) is 1. The van der Waals surface area contributed by atoms with E-state index in [4.69, 9.17) is 4.74 Å². The Labute approximate surface area is 123 Å². The van der Waals surface area contributed by atoms with Gasteiger partial charge in [0.2, 0.25) is 0 Å². The first-order chi connectivity index (χ1) is 10.1. The summed E-state index contributed by atoms with van der Waals surface area (Å²) < 4.78 is 6.59. The van der Waals surface area contributed by atoms with Crippen molar-refractivity contribution in [3.05, 3.63) is 28.3 Å². The van der Waals surface area contributed by atoms with E-state index in [0.29, 0.717) is 17.8 Å². The number of fused-ring (bicyclic) bond motifs is 1. The van der Waals surface area contributed by atoms with Crippen molar-refractivity contribution in [2.45, 2.75) is 46.1 Å². The Kier molecular flexibility index (Phi) is 4.77. The molecule has 21 heavy (non-hydrogen) atoms. The summed E-state index contributed by atoms with van der Waals surface area (Å²) in [6.07, 6.45) is 1.78. The summed E-state index contributed by atoms with van der Waals surface area (Å²) in [5, 5.41) is 0. The van der Waals surface area contributed by atoms with E-state index in [1.54, 1.807) is 11.5 Å². The molecule has 2 aromatic heterocycles. The summed E-state index contributed by atoms with van der Waals surface area (Å²) in [5.74, 6) is -0.287. The molecular formula is C15H21N3O3. The average molecular weight is 291 g/mol. The van der Waals surface area contributed by atoms with Crippen molar-refractivity contribution in [2.75, 3.05) is 6.61 Å². The minimum absolute atomic E-state index is 0.185. The molecule has 1 N–H and O–H groups in total. The maximum Gasteiger partial charge on any atom is 0.327 e. The molecule has 2 rings (SSSR count). The van der Waals surface area contributed by atoms with Crippen LogP contribution in [0, 0.1) is 6.92 Å². The molecule has 0 spiro atoms. The standard InChI is InChI=1S/C15H21N3O3/c1-4-6-11(9-13(19)21-5-2)18-14-12(17-15(18)20)8-7-10(3)16-14/h7-8,11H,4-6,9H2,1-3H3,(H,17,20). The fraction of sp³-hybridized carbons (Fsp3) is 0.533. The minimum atomic E-state index is -0.287. The van der Waals surface area contributed by atoms with Crippen LogP contribution >= 0.6 is 0 Å². The lowest BCUT2D eigenvalue weighted by Crippen LogP contribution is -2.25. The van der Waals surface area contributed by atoms with Gasteiger partial charge in [-0.2, -0.15) is 0 Å². The molecule has 2 heterocycles. The largest absolute Gasteiger partial charge is 0.466 e. The predicted molar refractivity (Wildman–Crippen MR) is 80.3 cm³/mol. The van der Waals surface area contributed by atoms with E-state index in [9.17, 15) is 9.59 Å². The summed E-state index contributed by atoms with van der Waals surface area (Å²) in [6.45, 7) is 6.02. The molecule has 0 saturated heterocycles. The molecule has 114 valence electrons. The van der Waals surface area contributed by atoms with Crippen LogP contribution in [0.5, 0.6) is 0 Å². The van der Waals surface area contributed by atoms with E-state index in [-0.39, 0.29) is 24.1 Å². The van der Waals surface area contributed by atoms with Crippen LogP contribution in [0.4, 0.5) is 0 Å². The lowest BCUT2D eigenvalue weighted by molar-refractivity contribution is -0.144. The Morgan fingerprint density at radius 2 is 2.19 bits per heavy atom. The molecule has 0 radical (unpaired) electrons. The first-order valence-corrected chi connectivity index (χ1v) is 7.30. The van der Waals surface area contributed by atoms with Crippen LogP contribution in [-0.2, 0) is 9.53 Å². The van der Waals surface area contributed by atoms with Crippen molar-refractivity contribution in [1.82, 2.24) is 14.5 Å². The number of aromatic amines is 1. The maximum absolute atomic E-state index is 12.2. The highest BCUT2D eigenvalue weighted by atomic mass is 16.5. The number of rotatable bonds is 6. The van der Waals surface area contributed by atoms with E-state index in [0.717, 1.165) is 18.5 Å². The van der Waals surface area contributed by atoms with Crippen LogP contribution in [0.3, 0.4) is 0 Å². The Hall–Kier alpha value is -2.11. The highest BCUT2D eigenvalue weighted by Gasteiger charge is 2.21. The number of aryl methyl sites for hydroxylation is 1. The fourth-order valence-electron chi connectivity index (χ4n) is 2.50. The Morgan fingerprint density at radius 1 is 1.43 bits per heavy atom. The second-order valence-corrected chi connectivity index (χ2v) is 5.08. The third-order valence-corrected chi connectivity index (χ3v) is 3.40. The Balaban J connectivity index is 2.44. The maximum atomic E-state index is 12.2. The van der Waals surface area contributed by atoms with Crippen LogP contribution in [0.15, 0.2) is 16.9 Å². The van der Waals surface area contributed by atoms with E-state index < -0.39 is 0 Å². The van der Waals surface area contributed by atoms with Gasteiger partial charge in [-0.15, -0.1) is 0 Å². The molecule has 0 aliphatic heterocycles. The van der Waals surface area contributed by atoms with Crippen LogP contribution < -0.4 is 5.69 Å². The van der Waals surface area contributed by atoms with Crippen molar-refractivity contribution >= 4 is 17.1 Å². The van der Waals surface area contributed by atoms with E-state index in [1.807, 2.05) is 26.0 Å². The van der Waals surface area contributed by atoms with Gasteiger partial charge in [0.15, 0.2) is 5.65 Å². The highest BCUT2D eigenvalue weighted by molar-refractivity contribution is 5.72. The average Bonchev–Trinajstić information content (AvgIpc) is 2.74. The number of carbonyl (C=O) groups is 1. The fourth-order valence-corrected chi connectivity index (χ4v) is 2.50. The molecule has 0 aliphatic rings. The van der Waals surface area contributed by atoms with Gasteiger partial charge in [-0.05, 0) is 32.4 Å². The molecule has 2 aromatic rings. The molecule has 6 heteroatoms. The topological polar surface area (TPSA) is 77.0 Å². The SMILES string of the molecule is CCCC(CC(=O)OCC)n1c(=O)[nH]c2ccc(C)nc21. The molecule has 1 unspecified atom stereocenters. The van der Waals surface area contributed by atoms with Gasteiger partial charge in [-0.1, -0.05) is 13.3 Å². The van der Waals surface area contributed by atoms with Crippen molar-refractivity contribution in [3.8, 4) is 0 Å². The number of carbonyl (C=O) groups excluding carboxylic acids is 1. The quantitative estimate of drug-likeness (QED) is 0.829. The number of ether oxygens (including phenoxy) is 1. The van der Waals surface area contributed by atoms with Gasteiger partial charge in [0.05, 0.1) is 24.6 Å². The van der Waals surface area contributed by atoms with Gasteiger partial charge in [0, 0.05) is 5.69 Å². The number of H-pyrrole nitrogens is 1. The third kappa shape index (κ3) is 3.32. The second-order valence-electron chi connectivity index (χ2n) is 5.08. The number of pyridine rings is 1. The van der Waals surface area contributed by atoms with Gasteiger partial charge in [-0.3, -0.25) is 9.36 Å². The van der Waals surface area contributed by atoms with Crippen LogP contribution in [0.2, 0.25) is 0 Å². The van der Waals surface area contributed by atoms with Gasteiger partial charge in [-0.25, -0.2) is 9.78 Å². The number of nitrogens with zero attached hydrogens (tertiary/aromatic N) is 2. The summed E-state index contributed by atoms with van der Waals surface area (Å²) in [7, 11) is 0. The van der Waals surface area contributed by atoms with E-state index in [2.05, 4.69) is 9.97 Å². The van der Waals surface area contributed by atoms with Gasteiger partial charge < -0.3 is 9.72 Å². The summed E-state index contributed by atoms with van der Waals surface area (Å²) in [6, 6.07) is 3.45. The first-order valence-electron chi connectivity index (χ1n) is 7.30. The molecule has 0 fully saturated rings. The minimum Gasteiger partial charge on any atom is -0.466 e. The molecular weight excluding hydrogens is 270 g/mol. The Bertz CT molecular complexity index is 687. The monoisotopic (exact) mass is 291 g/mol. The lowest BCUT2D eigenvalue weighted by Gasteiger charge is -2.16. The lowest BCUT2D eigenvalue weighted by atomic mass is 10.1. The predicted octanol–water partition coefficient (Wildman–Crippen LogP) is 2.33. The molecule has 0 aromatic carbocycles. The zero-order chi connectivity index (χ0) is 15.4. The number of esters is 1. The Morgan fingerprint density at radius 3 is 2.86 bits per heavy atom. The van der Waals surface area contributed by atoms with Crippen molar-refractivity contribution in [3.63, 3.8) is 0 Å². The van der Waals surface area contributed by atoms with Crippen molar-refractivity contribution < 1.29 is 9.53 Å². The summed E-state index contributed by atoms with van der Waals surface area (Å²) in [5.41, 5.74) is 1.89. The van der Waals surface area contributed by atoms with E-state index >= 15 is 0 Å². The van der Waals surface area contributed by atoms with Crippen LogP contribution in [-0.4, -0.2) is 27.1 Å². The molecule has 6 nitrogen and oxygen atoms in total. The summed E-state index contributed by atoms with van der Waals surface area (Å²) >= 11 is 0. The van der Waals surface area contributed by atoms with Crippen LogP contribution in [0.25, 0.3) is 11.2 Å². The first kappa shape index (κ1) is 15.3. The van der Waals surface area contributed by atoms with Crippen molar-refractivity contribution in [1.29, 1.82) is 0 Å². The van der Waals surface area contributed by atoms with Gasteiger partial charge in [0.25, 0.3) is 0 Å². The molecule has 0 bridgehead atoms. The third-order valence-electron chi connectivity index (χ3n) is 3.40. The molecule has 0 saturated carbocycles. The zero-order valence-electron chi connectivity index (χ0n) is 12.7. The molecule has 0 aliphatic carbocycles. The second kappa shape index (κ2) is 6.56. The van der Waals surface area contributed by atoms with Gasteiger partial charge >= 0.3 is 11.7 Å². The van der Waals surface area contributed by atoms with Crippen molar-refractivity contribution in [2.24, 2.45) is 0 Å².